The van der Waals surface area contributed by atoms with Crippen molar-refractivity contribution in [1.29, 1.82) is 0 Å². The molecule has 1 saturated heterocycles. The van der Waals surface area contributed by atoms with E-state index in [2.05, 4.69) is 38.7 Å². The third-order valence-corrected chi connectivity index (χ3v) is 3.22. The van der Waals surface area contributed by atoms with Gasteiger partial charge in [-0.3, -0.25) is 0 Å². The first-order valence-corrected chi connectivity index (χ1v) is 6.95. The lowest BCUT2D eigenvalue weighted by atomic mass is 10.0. The van der Waals surface area contributed by atoms with E-state index in [-0.39, 0.29) is 6.10 Å². The highest BCUT2D eigenvalue weighted by Crippen LogP contribution is 2.21. The Balaban J connectivity index is 2.63. The van der Waals surface area contributed by atoms with Crippen molar-refractivity contribution in [3.63, 3.8) is 0 Å². The van der Waals surface area contributed by atoms with E-state index in [1.807, 2.05) is 0 Å². The third-order valence-electron chi connectivity index (χ3n) is 3.22. The summed E-state index contributed by atoms with van der Waals surface area (Å²) in [6.45, 7) is 11.5. The molecule has 0 aliphatic carbocycles. The van der Waals surface area contributed by atoms with Crippen LogP contribution in [0.2, 0.25) is 0 Å². The lowest BCUT2D eigenvalue weighted by molar-refractivity contribution is 0.0827. The Morgan fingerprint density at radius 2 is 2.29 bits per heavy atom. The van der Waals surface area contributed by atoms with Gasteiger partial charge in [0.05, 0.1) is 6.10 Å². The van der Waals surface area contributed by atoms with E-state index in [0.29, 0.717) is 6.04 Å². The van der Waals surface area contributed by atoms with E-state index in [1.165, 1.54) is 18.4 Å². The van der Waals surface area contributed by atoms with Gasteiger partial charge in [-0.25, -0.2) is 0 Å². The maximum absolute atomic E-state index is 5.81. The molecule has 0 aromatic carbocycles. The fourth-order valence-electron chi connectivity index (χ4n) is 2.17. The van der Waals surface area contributed by atoms with Crippen LogP contribution in [0.1, 0.15) is 52.9 Å². The van der Waals surface area contributed by atoms with Gasteiger partial charge >= 0.3 is 0 Å². The minimum atomic E-state index is 0.247. The summed E-state index contributed by atoms with van der Waals surface area (Å²) in [7, 11) is 0. The van der Waals surface area contributed by atoms with Crippen LogP contribution in [-0.2, 0) is 4.74 Å². The fourth-order valence-corrected chi connectivity index (χ4v) is 2.17. The quantitative estimate of drug-likeness (QED) is 0.785. The first-order valence-electron chi connectivity index (χ1n) is 6.95. The predicted octanol–water partition coefficient (Wildman–Crippen LogP) is 3.79. The second-order valence-electron chi connectivity index (χ2n) is 4.93. The number of nitrogens with one attached hydrogen (secondary N) is 1. The summed E-state index contributed by atoms with van der Waals surface area (Å²) in [5.41, 5.74) is 2.44. The van der Waals surface area contributed by atoms with Crippen LogP contribution in [0.4, 0.5) is 0 Å². The van der Waals surface area contributed by atoms with Crippen LogP contribution in [0.3, 0.4) is 0 Å². The van der Waals surface area contributed by atoms with Crippen molar-refractivity contribution in [2.24, 2.45) is 0 Å². The smallest absolute Gasteiger partial charge is 0.0759 e. The Labute approximate surface area is 106 Å². The largest absolute Gasteiger partial charge is 0.383 e. The minimum absolute atomic E-state index is 0.247. The molecule has 1 rings (SSSR count). The van der Waals surface area contributed by atoms with Crippen LogP contribution < -0.4 is 5.32 Å². The molecule has 98 valence electrons. The number of hydrogen-bond acceptors (Lipinski definition) is 2. The monoisotopic (exact) mass is 237 g/mol. The second kappa shape index (κ2) is 7.54. The van der Waals surface area contributed by atoms with Gasteiger partial charge in [-0.1, -0.05) is 26.5 Å². The third kappa shape index (κ3) is 4.95. The Morgan fingerprint density at radius 3 is 2.94 bits per heavy atom. The van der Waals surface area contributed by atoms with E-state index in [4.69, 9.17) is 4.74 Å². The molecule has 1 unspecified atom stereocenters. The summed E-state index contributed by atoms with van der Waals surface area (Å²) in [5, 5.41) is 3.46. The van der Waals surface area contributed by atoms with Gasteiger partial charge in [-0.05, 0) is 44.6 Å². The average Bonchev–Trinajstić information content (AvgIpc) is 2.46. The zero-order valence-electron chi connectivity index (χ0n) is 11.6. The normalized spacial score (nSPS) is 25.5. The molecular weight excluding hydrogens is 210 g/mol. The van der Waals surface area contributed by atoms with E-state index in [0.717, 1.165) is 31.6 Å². The van der Waals surface area contributed by atoms with E-state index in [9.17, 15) is 0 Å². The lowest BCUT2D eigenvalue weighted by Gasteiger charge is -2.16. The molecule has 2 heteroatoms. The Hall–Kier alpha value is -0.760. The number of allylic oxidation sites excluding steroid dienone is 1. The standard InChI is InChI=1S/C15H27NO/c1-5-10-17-15(6-2)11-14-9-7-8-12(3)16-13(14)4/h11-12,15-16H,4-10H2,1-3H3/b14-11-/t12?,15-/m1/s1. The van der Waals surface area contributed by atoms with Crippen LogP contribution in [0.25, 0.3) is 0 Å². The Morgan fingerprint density at radius 1 is 1.53 bits per heavy atom. The van der Waals surface area contributed by atoms with Crippen LogP contribution in [0.15, 0.2) is 23.9 Å². The Kier molecular flexibility index (Phi) is 6.35. The topological polar surface area (TPSA) is 21.3 Å². The minimum Gasteiger partial charge on any atom is -0.383 e. The van der Waals surface area contributed by atoms with Crippen molar-refractivity contribution in [2.75, 3.05) is 6.61 Å². The summed E-state index contributed by atoms with van der Waals surface area (Å²) >= 11 is 0. The van der Waals surface area contributed by atoms with Crippen LogP contribution in [0.5, 0.6) is 0 Å². The molecule has 0 radical (unpaired) electrons. The van der Waals surface area contributed by atoms with Crippen molar-refractivity contribution >= 4 is 0 Å². The van der Waals surface area contributed by atoms with Crippen LogP contribution in [-0.4, -0.2) is 18.8 Å². The van der Waals surface area contributed by atoms with Gasteiger partial charge < -0.3 is 10.1 Å². The summed E-state index contributed by atoms with van der Waals surface area (Å²) < 4.78 is 5.81. The summed E-state index contributed by atoms with van der Waals surface area (Å²) in [6.07, 6.45) is 8.22. The Bertz CT molecular complexity index is 270. The number of rotatable bonds is 5. The summed E-state index contributed by atoms with van der Waals surface area (Å²) in [6, 6.07) is 0.546. The molecule has 1 N–H and O–H groups in total. The predicted molar refractivity (Wildman–Crippen MR) is 74.0 cm³/mol. The molecule has 1 fully saturated rings. The first kappa shape index (κ1) is 14.3. The van der Waals surface area contributed by atoms with Gasteiger partial charge in [0.15, 0.2) is 0 Å². The van der Waals surface area contributed by atoms with Crippen LogP contribution in [0, 0.1) is 0 Å². The second-order valence-corrected chi connectivity index (χ2v) is 4.93. The van der Waals surface area contributed by atoms with Gasteiger partial charge in [0.1, 0.15) is 0 Å². The SMILES string of the molecule is C=C1NC(C)CCC/C1=C/[C@@H](CC)OCCC. The highest BCUT2D eigenvalue weighted by Gasteiger charge is 2.14. The zero-order valence-corrected chi connectivity index (χ0v) is 11.6. The van der Waals surface area contributed by atoms with Crippen LogP contribution >= 0.6 is 0 Å². The highest BCUT2D eigenvalue weighted by molar-refractivity contribution is 5.29. The lowest BCUT2D eigenvalue weighted by Crippen LogP contribution is -2.23. The number of hydrogen-bond donors (Lipinski definition) is 1. The van der Waals surface area contributed by atoms with Gasteiger partial charge in [-0.2, -0.15) is 0 Å². The van der Waals surface area contributed by atoms with E-state index < -0.39 is 0 Å². The van der Waals surface area contributed by atoms with Crippen molar-refractivity contribution in [2.45, 2.75) is 65.0 Å². The number of ether oxygens (including phenoxy) is 1. The first-order chi connectivity index (χ1) is 8.17. The molecule has 0 aromatic heterocycles. The van der Waals surface area contributed by atoms with Crippen molar-refractivity contribution < 1.29 is 4.74 Å². The molecule has 2 atom stereocenters. The van der Waals surface area contributed by atoms with Crippen molar-refractivity contribution in [3.05, 3.63) is 23.9 Å². The molecule has 0 aromatic rings. The molecule has 0 saturated carbocycles. The molecule has 0 spiro atoms. The van der Waals surface area contributed by atoms with Crippen molar-refractivity contribution in [3.8, 4) is 0 Å². The summed E-state index contributed by atoms with van der Waals surface area (Å²) in [4.78, 5) is 0. The van der Waals surface area contributed by atoms with Gasteiger partial charge in [0.2, 0.25) is 0 Å². The molecule has 1 aliphatic heterocycles. The average molecular weight is 237 g/mol. The zero-order chi connectivity index (χ0) is 12.7. The molecule has 1 heterocycles. The molecule has 0 amide bonds. The summed E-state index contributed by atoms with van der Waals surface area (Å²) in [5.74, 6) is 0. The fraction of sp³-hybridized carbons (Fsp3) is 0.733. The van der Waals surface area contributed by atoms with Gasteiger partial charge in [0.25, 0.3) is 0 Å². The molecule has 1 aliphatic rings. The molecule has 2 nitrogen and oxygen atoms in total. The van der Waals surface area contributed by atoms with E-state index in [1.54, 1.807) is 0 Å². The molecule has 0 bridgehead atoms. The van der Waals surface area contributed by atoms with Gasteiger partial charge in [0, 0.05) is 18.3 Å². The van der Waals surface area contributed by atoms with Gasteiger partial charge in [-0.15, -0.1) is 0 Å². The maximum Gasteiger partial charge on any atom is 0.0759 e. The molecule has 17 heavy (non-hydrogen) atoms. The molecular formula is C15H27NO. The van der Waals surface area contributed by atoms with Crippen molar-refractivity contribution in [1.82, 2.24) is 5.32 Å². The highest BCUT2D eigenvalue weighted by atomic mass is 16.5. The maximum atomic E-state index is 5.81. The van der Waals surface area contributed by atoms with E-state index >= 15 is 0 Å².